The highest BCUT2D eigenvalue weighted by Crippen LogP contribution is 2.31. The van der Waals surface area contributed by atoms with Gasteiger partial charge in [0.2, 0.25) is 5.88 Å². The lowest BCUT2D eigenvalue weighted by atomic mass is 10.2. The second-order valence-electron chi connectivity index (χ2n) is 5.79. The Hall–Kier alpha value is -3.18. The molecule has 3 aromatic rings. The van der Waals surface area contributed by atoms with E-state index in [1.54, 1.807) is 12.5 Å². The quantitative estimate of drug-likeness (QED) is 0.429. The van der Waals surface area contributed by atoms with Gasteiger partial charge in [-0.25, -0.2) is 14.2 Å². The summed E-state index contributed by atoms with van der Waals surface area (Å²) in [5, 5.41) is 5.54. The molecule has 3 rings (SSSR count). The Labute approximate surface area is 173 Å². The van der Waals surface area contributed by atoms with E-state index in [4.69, 9.17) is 22.1 Å². The van der Waals surface area contributed by atoms with Gasteiger partial charge in [-0.05, 0) is 23.7 Å². The summed E-state index contributed by atoms with van der Waals surface area (Å²) in [4.78, 5) is 30.7. The Morgan fingerprint density at radius 3 is 2.90 bits per heavy atom. The van der Waals surface area contributed by atoms with E-state index in [9.17, 15) is 14.0 Å². The number of H-pyrrole nitrogens is 1. The molecule has 0 radical (unpaired) electrons. The Morgan fingerprint density at radius 2 is 2.21 bits per heavy atom. The molecule has 1 aromatic carbocycles. The van der Waals surface area contributed by atoms with Crippen molar-refractivity contribution in [2.45, 2.75) is 13.0 Å². The molecule has 0 aliphatic heterocycles. The van der Waals surface area contributed by atoms with E-state index < -0.39 is 17.8 Å². The highest BCUT2D eigenvalue weighted by Gasteiger charge is 2.22. The Kier molecular flexibility index (Phi) is 6.62. The predicted octanol–water partition coefficient (Wildman–Crippen LogP) is 2.70. The monoisotopic (exact) mass is 438 g/mol. The third-order valence-corrected chi connectivity index (χ3v) is 4.73. The zero-order valence-corrected chi connectivity index (χ0v) is 16.4. The number of halogens is 2. The molecule has 2 heterocycles. The highest BCUT2D eigenvalue weighted by atomic mass is 35.5. The summed E-state index contributed by atoms with van der Waals surface area (Å²) in [7, 11) is 0. The van der Waals surface area contributed by atoms with Gasteiger partial charge in [0, 0.05) is 35.4 Å². The maximum absolute atomic E-state index is 13.9. The van der Waals surface area contributed by atoms with E-state index in [1.165, 1.54) is 12.1 Å². The first kappa shape index (κ1) is 20.6. The molecule has 0 spiro atoms. The molecule has 0 bridgehead atoms. The maximum Gasteiger partial charge on any atom is 0.319 e. The smallest absolute Gasteiger partial charge is 0.319 e. The van der Waals surface area contributed by atoms with Gasteiger partial charge in [0.05, 0.1) is 6.33 Å². The maximum atomic E-state index is 13.9. The van der Waals surface area contributed by atoms with E-state index in [-0.39, 0.29) is 33.6 Å². The van der Waals surface area contributed by atoms with E-state index in [2.05, 4.69) is 25.0 Å². The average molecular weight is 439 g/mol. The summed E-state index contributed by atoms with van der Waals surface area (Å²) >= 11 is 6.54. The number of anilines is 1. The lowest BCUT2D eigenvalue weighted by molar-refractivity contribution is 0.0996. The van der Waals surface area contributed by atoms with Gasteiger partial charge in [-0.3, -0.25) is 10.1 Å². The molecule has 0 atom stereocenters. The first-order chi connectivity index (χ1) is 13.9. The van der Waals surface area contributed by atoms with Crippen LogP contribution >= 0.6 is 23.1 Å². The first-order valence-electron chi connectivity index (χ1n) is 8.32. The SMILES string of the molecule is NC(=O)c1c(OCc2ccc(Cl)cc2F)nsc1NC(=O)NCCc1cnc[nH]1. The molecule has 0 saturated carbocycles. The molecule has 0 saturated heterocycles. The number of hydrogen-bond acceptors (Lipinski definition) is 6. The second kappa shape index (κ2) is 9.34. The number of imidazole rings is 1. The van der Waals surface area contributed by atoms with Crippen molar-refractivity contribution < 1.29 is 18.7 Å². The van der Waals surface area contributed by atoms with Gasteiger partial charge in [0.15, 0.2) is 0 Å². The number of carbonyl (C=O) groups is 2. The summed E-state index contributed by atoms with van der Waals surface area (Å²) in [5.74, 6) is -1.48. The number of urea groups is 1. The van der Waals surface area contributed by atoms with E-state index >= 15 is 0 Å². The molecule has 0 unspecified atom stereocenters. The summed E-state index contributed by atoms with van der Waals surface area (Å²) < 4.78 is 23.3. The standard InChI is InChI=1S/C17H16ClFN6O3S/c18-10-2-1-9(12(19)5-10)7-28-15-13(14(20)26)16(29-25-15)24-17(27)22-4-3-11-6-21-8-23-11/h1-2,5-6,8H,3-4,7H2,(H2,20,26)(H,21,23)(H2,22,24,27). The van der Waals surface area contributed by atoms with Crippen LogP contribution < -0.4 is 21.1 Å². The van der Waals surface area contributed by atoms with E-state index in [1.807, 2.05) is 0 Å². The molecule has 152 valence electrons. The second-order valence-corrected chi connectivity index (χ2v) is 7.00. The van der Waals surface area contributed by atoms with Crippen LogP contribution in [0.15, 0.2) is 30.7 Å². The van der Waals surface area contributed by atoms with Crippen molar-refractivity contribution in [2.75, 3.05) is 11.9 Å². The number of nitrogens with two attached hydrogens (primary N) is 1. The molecule has 9 nitrogen and oxygen atoms in total. The molecule has 12 heteroatoms. The van der Waals surface area contributed by atoms with Crippen LogP contribution in [0.3, 0.4) is 0 Å². The van der Waals surface area contributed by atoms with Crippen LogP contribution in [0.25, 0.3) is 0 Å². The van der Waals surface area contributed by atoms with Crippen LogP contribution in [0.5, 0.6) is 5.88 Å². The average Bonchev–Trinajstić information content (AvgIpc) is 3.31. The molecule has 3 amide bonds. The molecule has 0 aliphatic rings. The lowest BCUT2D eigenvalue weighted by Crippen LogP contribution is -2.31. The molecule has 2 aromatic heterocycles. The third kappa shape index (κ3) is 5.42. The number of rotatable bonds is 8. The Bertz CT molecular complexity index is 1010. The predicted molar refractivity (Wildman–Crippen MR) is 106 cm³/mol. The van der Waals surface area contributed by atoms with Crippen molar-refractivity contribution in [3.8, 4) is 5.88 Å². The molecule has 0 aliphatic carbocycles. The molecule has 5 N–H and O–H groups in total. The van der Waals surface area contributed by atoms with Crippen molar-refractivity contribution in [1.29, 1.82) is 0 Å². The Morgan fingerprint density at radius 1 is 1.38 bits per heavy atom. The van der Waals surface area contributed by atoms with Gasteiger partial charge in [0.1, 0.15) is 23.0 Å². The molecular formula is C17H16ClFN6O3S. The van der Waals surface area contributed by atoms with Crippen LogP contribution in [-0.4, -0.2) is 32.8 Å². The number of carbonyl (C=O) groups excluding carboxylic acids is 2. The number of aromatic amines is 1. The minimum absolute atomic E-state index is 0.0897. The summed E-state index contributed by atoms with van der Waals surface area (Å²) in [6.07, 6.45) is 3.75. The fraction of sp³-hybridized carbons (Fsp3) is 0.176. The normalized spacial score (nSPS) is 10.6. The number of ether oxygens (including phenoxy) is 1. The van der Waals surface area contributed by atoms with Gasteiger partial charge < -0.3 is 20.8 Å². The van der Waals surface area contributed by atoms with Crippen LogP contribution in [0, 0.1) is 5.82 Å². The van der Waals surface area contributed by atoms with Crippen LogP contribution in [-0.2, 0) is 13.0 Å². The molecule has 0 fully saturated rings. The Balaban J connectivity index is 1.61. The number of amides is 3. The fourth-order valence-electron chi connectivity index (χ4n) is 2.34. The van der Waals surface area contributed by atoms with Crippen molar-refractivity contribution in [3.63, 3.8) is 0 Å². The van der Waals surface area contributed by atoms with Gasteiger partial charge in [-0.2, -0.15) is 4.37 Å². The van der Waals surface area contributed by atoms with E-state index in [0.29, 0.717) is 13.0 Å². The summed E-state index contributed by atoms with van der Waals surface area (Å²) in [6.45, 7) is 0.154. The van der Waals surface area contributed by atoms with Crippen LogP contribution in [0.1, 0.15) is 21.6 Å². The lowest BCUT2D eigenvalue weighted by Gasteiger charge is -2.08. The van der Waals surface area contributed by atoms with Gasteiger partial charge in [-0.1, -0.05) is 17.7 Å². The number of nitrogens with one attached hydrogen (secondary N) is 3. The zero-order valence-electron chi connectivity index (χ0n) is 14.9. The van der Waals surface area contributed by atoms with Crippen molar-refractivity contribution >= 4 is 40.1 Å². The number of hydrogen-bond donors (Lipinski definition) is 4. The third-order valence-electron chi connectivity index (χ3n) is 3.75. The largest absolute Gasteiger partial charge is 0.471 e. The van der Waals surface area contributed by atoms with Gasteiger partial charge in [-0.15, -0.1) is 0 Å². The topological polar surface area (TPSA) is 135 Å². The minimum atomic E-state index is -0.835. The fourth-order valence-corrected chi connectivity index (χ4v) is 3.24. The number of benzene rings is 1. The first-order valence-corrected chi connectivity index (χ1v) is 9.47. The highest BCUT2D eigenvalue weighted by molar-refractivity contribution is 7.11. The van der Waals surface area contributed by atoms with Crippen molar-refractivity contribution in [1.82, 2.24) is 19.7 Å². The summed E-state index contributed by atoms with van der Waals surface area (Å²) in [6, 6.07) is 3.59. The van der Waals surface area contributed by atoms with Crippen LogP contribution in [0.4, 0.5) is 14.2 Å². The minimum Gasteiger partial charge on any atom is -0.471 e. The van der Waals surface area contributed by atoms with Gasteiger partial charge >= 0.3 is 6.03 Å². The summed E-state index contributed by atoms with van der Waals surface area (Å²) in [5.41, 5.74) is 6.39. The zero-order chi connectivity index (χ0) is 20.8. The molecule has 29 heavy (non-hydrogen) atoms. The number of primary amides is 1. The van der Waals surface area contributed by atoms with E-state index in [0.717, 1.165) is 23.3 Å². The molecular weight excluding hydrogens is 423 g/mol. The van der Waals surface area contributed by atoms with Crippen LogP contribution in [0.2, 0.25) is 5.02 Å². The van der Waals surface area contributed by atoms with Crippen molar-refractivity contribution in [2.24, 2.45) is 5.73 Å². The van der Waals surface area contributed by atoms with Crippen molar-refractivity contribution in [3.05, 3.63) is 58.4 Å². The van der Waals surface area contributed by atoms with Gasteiger partial charge in [0.25, 0.3) is 5.91 Å². The number of nitrogens with zero attached hydrogens (tertiary/aromatic N) is 2. The number of aromatic nitrogens is 3.